The van der Waals surface area contributed by atoms with Gasteiger partial charge in [0.1, 0.15) is 5.65 Å². The lowest BCUT2D eigenvalue weighted by molar-refractivity contribution is -0.197. The molecule has 2 fully saturated rings. The lowest BCUT2D eigenvalue weighted by Crippen LogP contribution is -2.57. The summed E-state index contributed by atoms with van der Waals surface area (Å²) in [6.07, 6.45) is 7.79. The first-order valence-corrected chi connectivity index (χ1v) is 7.10. The number of aromatic amines is 1. The first-order valence-electron chi connectivity index (χ1n) is 7.10. The minimum atomic E-state index is 0.382. The smallest absolute Gasteiger partial charge is 0.137 e. The van der Waals surface area contributed by atoms with Crippen LogP contribution in [0.4, 0.5) is 0 Å². The zero-order chi connectivity index (χ0) is 12.7. The maximum Gasteiger partial charge on any atom is 0.137 e. The fourth-order valence-corrected chi connectivity index (χ4v) is 3.41. The SMILES string of the molecule is c1cc2cc(CC3OCC34CCNCC4)cnc2[nH]1. The van der Waals surface area contributed by atoms with Gasteiger partial charge in [0.25, 0.3) is 0 Å². The van der Waals surface area contributed by atoms with Crippen molar-refractivity contribution in [3.8, 4) is 0 Å². The summed E-state index contributed by atoms with van der Waals surface area (Å²) in [6, 6.07) is 4.31. The third kappa shape index (κ3) is 1.86. The maximum atomic E-state index is 5.86. The zero-order valence-corrected chi connectivity index (χ0v) is 11.0. The Bertz CT molecular complexity index is 586. The topological polar surface area (TPSA) is 49.9 Å². The minimum Gasteiger partial charge on any atom is -0.377 e. The van der Waals surface area contributed by atoms with Gasteiger partial charge in [-0.25, -0.2) is 4.98 Å². The quantitative estimate of drug-likeness (QED) is 0.863. The molecule has 1 spiro atoms. The monoisotopic (exact) mass is 257 g/mol. The predicted octanol–water partition coefficient (Wildman–Crippen LogP) is 1.87. The summed E-state index contributed by atoms with van der Waals surface area (Å²) in [5, 5.41) is 4.63. The van der Waals surface area contributed by atoms with Crippen LogP contribution in [0.25, 0.3) is 11.0 Å². The third-order valence-electron chi connectivity index (χ3n) is 4.73. The van der Waals surface area contributed by atoms with E-state index in [1.54, 1.807) is 0 Å². The van der Waals surface area contributed by atoms with Gasteiger partial charge in [0.2, 0.25) is 0 Å². The Kier molecular flexibility index (Phi) is 2.60. The molecule has 4 nitrogen and oxygen atoms in total. The molecule has 2 aromatic heterocycles. The molecule has 2 aliphatic rings. The number of H-pyrrole nitrogens is 1. The first-order chi connectivity index (χ1) is 9.36. The van der Waals surface area contributed by atoms with Gasteiger partial charge in [0.15, 0.2) is 0 Å². The molecule has 4 heterocycles. The van der Waals surface area contributed by atoms with Crippen LogP contribution in [0.15, 0.2) is 24.5 Å². The lowest BCUT2D eigenvalue weighted by atomic mass is 9.69. The van der Waals surface area contributed by atoms with Crippen LogP contribution in [0.5, 0.6) is 0 Å². The van der Waals surface area contributed by atoms with Crippen LogP contribution < -0.4 is 5.32 Å². The van der Waals surface area contributed by atoms with E-state index in [0.717, 1.165) is 31.8 Å². The molecule has 0 aliphatic carbocycles. The Morgan fingerprint density at radius 1 is 1.37 bits per heavy atom. The molecule has 0 bridgehead atoms. The molecule has 1 unspecified atom stereocenters. The number of nitrogens with one attached hydrogen (secondary N) is 2. The van der Waals surface area contributed by atoms with Crippen molar-refractivity contribution in [2.24, 2.45) is 5.41 Å². The fourth-order valence-electron chi connectivity index (χ4n) is 3.41. The number of hydrogen-bond donors (Lipinski definition) is 2. The fraction of sp³-hybridized carbons (Fsp3) is 0.533. The largest absolute Gasteiger partial charge is 0.377 e. The molecular weight excluding hydrogens is 238 g/mol. The highest BCUT2D eigenvalue weighted by molar-refractivity contribution is 5.75. The number of fused-ring (bicyclic) bond motifs is 1. The number of pyridine rings is 1. The number of ether oxygens (including phenoxy) is 1. The molecule has 1 atom stereocenters. The van der Waals surface area contributed by atoms with E-state index < -0.39 is 0 Å². The second-order valence-electron chi connectivity index (χ2n) is 5.88. The van der Waals surface area contributed by atoms with Gasteiger partial charge in [0, 0.05) is 29.6 Å². The standard InChI is InChI=1S/C15H19N3O/c1-4-17-14-12(1)7-11(9-18-14)8-13-15(10-19-13)2-5-16-6-3-15/h1,4,7,9,13,16H,2-3,5-6,8,10H2,(H,17,18). The molecule has 2 N–H and O–H groups in total. The van der Waals surface area contributed by atoms with Gasteiger partial charge >= 0.3 is 0 Å². The average molecular weight is 257 g/mol. The van der Waals surface area contributed by atoms with E-state index in [-0.39, 0.29) is 0 Å². The van der Waals surface area contributed by atoms with E-state index >= 15 is 0 Å². The zero-order valence-electron chi connectivity index (χ0n) is 11.0. The average Bonchev–Trinajstić information content (AvgIpc) is 2.92. The van der Waals surface area contributed by atoms with E-state index in [0.29, 0.717) is 11.5 Å². The third-order valence-corrected chi connectivity index (χ3v) is 4.73. The molecule has 0 saturated carbocycles. The highest BCUT2D eigenvalue weighted by Crippen LogP contribution is 2.44. The van der Waals surface area contributed by atoms with Crippen LogP contribution in [0.1, 0.15) is 18.4 Å². The van der Waals surface area contributed by atoms with Crippen molar-refractivity contribution in [1.29, 1.82) is 0 Å². The summed E-state index contributed by atoms with van der Waals surface area (Å²) >= 11 is 0. The van der Waals surface area contributed by atoms with Crippen LogP contribution in [0.2, 0.25) is 0 Å². The Morgan fingerprint density at radius 2 is 2.26 bits per heavy atom. The highest BCUT2D eigenvalue weighted by Gasteiger charge is 2.48. The second-order valence-corrected chi connectivity index (χ2v) is 5.88. The number of rotatable bonds is 2. The minimum absolute atomic E-state index is 0.382. The Morgan fingerprint density at radius 3 is 3.05 bits per heavy atom. The van der Waals surface area contributed by atoms with Crippen molar-refractivity contribution in [2.75, 3.05) is 19.7 Å². The van der Waals surface area contributed by atoms with Gasteiger partial charge in [0.05, 0.1) is 12.7 Å². The van der Waals surface area contributed by atoms with Crippen molar-refractivity contribution in [3.63, 3.8) is 0 Å². The van der Waals surface area contributed by atoms with Crippen LogP contribution in [-0.4, -0.2) is 35.8 Å². The van der Waals surface area contributed by atoms with Gasteiger partial charge in [-0.15, -0.1) is 0 Å². The van der Waals surface area contributed by atoms with Gasteiger partial charge in [-0.3, -0.25) is 0 Å². The van der Waals surface area contributed by atoms with E-state index in [1.807, 2.05) is 12.4 Å². The summed E-state index contributed by atoms with van der Waals surface area (Å²) < 4.78 is 5.86. The van der Waals surface area contributed by atoms with E-state index in [2.05, 4.69) is 27.4 Å². The summed E-state index contributed by atoms with van der Waals surface area (Å²) in [4.78, 5) is 7.60. The van der Waals surface area contributed by atoms with Gasteiger partial charge in [-0.05, 0) is 43.6 Å². The molecular formula is C15H19N3O. The number of nitrogens with zero attached hydrogens (tertiary/aromatic N) is 1. The molecule has 4 rings (SSSR count). The molecule has 0 amide bonds. The van der Waals surface area contributed by atoms with E-state index in [1.165, 1.54) is 23.8 Å². The van der Waals surface area contributed by atoms with Gasteiger partial charge < -0.3 is 15.0 Å². The van der Waals surface area contributed by atoms with Gasteiger partial charge in [-0.2, -0.15) is 0 Å². The summed E-state index contributed by atoms with van der Waals surface area (Å²) in [6.45, 7) is 3.21. The van der Waals surface area contributed by atoms with Crippen molar-refractivity contribution in [2.45, 2.75) is 25.4 Å². The Hall–Kier alpha value is -1.39. The molecule has 2 saturated heterocycles. The summed E-state index contributed by atoms with van der Waals surface area (Å²) in [7, 11) is 0. The van der Waals surface area contributed by atoms with Crippen molar-refractivity contribution >= 4 is 11.0 Å². The molecule has 0 aromatic carbocycles. The predicted molar refractivity (Wildman–Crippen MR) is 74.1 cm³/mol. The van der Waals surface area contributed by atoms with E-state index in [4.69, 9.17) is 4.74 Å². The highest BCUT2D eigenvalue weighted by atomic mass is 16.5. The molecule has 2 aliphatic heterocycles. The second kappa shape index (κ2) is 4.32. The normalized spacial score (nSPS) is 25.6. The maximum absolute atomic E-state index is 5.86. The number of hydrogen-bond acceptors (Lipinski definition) is 3. The lowest BCUT2D eigenvalue weighted by Gasteiger charge is -2.51. The van der Waals surface area contributed by atoms with Crippen molar-refractivity contribution in [1.82, 2.24) is 15.3 Å². The molecule has 4 heteroatoms. The Balaban J connectivity index is 1.54. The van der Waals surface area contributed by atoms with Crippen LogP contribution in [0, 0.1) is 5.41 Å². The number of aromatic nitrogens is 2. The van der Waals surface area contributed by atoms with Crippen LogP contribution in [-0.2, 0) is 11.2 Å². The molecule has 100 valence electrons. The summed E-state index contributed by atoms with van der Waals surface area (Å²) in [5.41, 5.74) is 2.68. The van der Waals surface area contributed by atoms with Crippen molar-refractivity contribution < 1.29 is 4.74 Å². The van der Waals surface area contributed by atoms with E-state index in [9.17, 15) is 0 Å². The van der Waals surface area contributed by atoms with Gasteiger partial charge in [-0.1, -0.05) is 0 Å². The molecule has 19 heavy (non-hydrogen) atoms. The summed E-state index contributed by atoms with van der Waals surface area (Å²) in [5.74, 6) is 0. The molecule has 0 radical (unpaired) electrons. The van der Waals surface area contributed by atoms with Crippen LogP contribution >= 0.6 is 0 Å². The molecule has 2 aromatic rings. The Labute approximate surface area is 112 Å². The van der Waals surface area contributed by atoms with Crippen molar-refractivity contribution in [3.05, 3.63) is 30.1 Å². The first kappa shape index (κ1) is 11.4. The van der Waals surface area contributed by atoms with Crippen LogP contribution in [0.3, 0.4) is 0 Å². The number of piperidine rings is 1.